The van der Waals surface area contributed by atoms with Crippen LogP contribution in [0.4, 0.5) is 4.39 Å². The normalized spacial score (nSPS) is 12.4. The van der Waals surface area contributed by atoms with Crippen molar-refractivity contribution in [2.75, 3.05) is 6.54 Å². The molecule has 1 atom stereocenters. The maximum atomic E-state index is 14.0. The second-order valence-corrected chi connectivity index (χ2v) is 4.73. The van der Waals surface area contributed by atoms with Crippen molar-refractivity contribution < 1.29 is 4.39 Å². The lowest BCUT2D eigenvalue weighted by Gasteiger charge is -2.20. The lowest BCUT2D eigenvalue weighted by Crippen LogP contribution is -2.24. The van der Waals surface area contributed by atoms with E-state index in [0.29, 0.717) is 5.56 Å². The number of rotatable bonds is 4. The Morgan fingerprint density at radius 3 is 2.63 bits per heavy atom. The van der Waals surface area contributed by atoms with Gasteiger partial charge in [-0.15, -0.1) is 0 Å². The van der Waals surface area contributed by atoms with Crippen molar-refractivity contribution in [1.82, 2.24) is 10.3 Å². The molecule has 0 aliphatic rings. The predicted molar refractivity (Wildman–Crippen MR) is 75.6 cm³/mol. The van der Waals surface area contributed by atoms with Gasteiger partial charge in [-0.25, -0.2) is 4.39 Å². The average Bonchev–Trinajstić information content (AvgIpc) is 2.38. The average molecular weight is 258 g/mol. The molecule has 19 heavy (non-hydrogen) atoms. The topological polar surface area (TPSA) is 24.9 Å². The van der Waals surface area contributed by atoms with E-state index in [4.69, 9.17) is 0 Å². The lowest BCUT2D eigenvalue weighted by atomic mass is 9.98. The Labute approximate surface area is 113 Å². The highest BCUT2D eigenvalue weighted by atomic mass is 19.1. The van der Waals surface area contributed by atoms with Crippen LogP contribution < -0.4 is 5.32 Å². The van der Waals surface area contributed by atoms with Gasteiger partial charge in [0.05, 0.1) is 11.7 Å². The minimum Gasteiger partial charge on any atom is -0.305 e. The fourth-order valence-corrected chi connectivity index (χ4v) is 2.30. The third-order valence-electron chi connectivity index (χ3n) is 3.15. The molecule has 0 amide bonds. The zero-order valence-corrected chi connectivity index (χ0v) is 11.6. The van der Waals surface area contributed by atoms with Gasteiger partial charge >= 0.3 is 0 Å². The molecule has 2 rings (SSSR count). The Morgan fingerprint density at radius 1 is 1.26 bits per heavy atom. The molecule has 0 saturated heterocycles. The number of hydrogen-bond acceptors (Lipinski definition) is 2. The molecule has 1 heterocycles. The molecule has 1 unspecified atom stereocenters. The molecule has 2 nitrogen and oxygen atoms in total. The fraction of sp³-hybridized carbons (Fsp3) is 0.312. The van der Waals surface area contributed by atoms with E-state index in [1.807, 2.05) is 39.1 Å². The summed E-state index contributed by atoms with van der Waals surface area (Å²) in [5.41, 5.74) is 3.72. The Bertz CT molecular complexity index is 566. The van der Waals surface area contributed by atoms with E-state index < -0.39 is 0 Å². The number of benzene rings is 1. The van der Waals surface area contributed by atoms with Crippen LogP contribution in [0.5, 0.6) is 0 Å². The zero-order valence-electron chi connectivity index (χ0n) is 11.6. The van der Waals surface area contributed by atoms with Gasteiger partial charge < -0.3 is 5.32 Å². The van der Waals surface area contributed by atoms with Crippen LogP contribution in [-0.2, 0) is 0 Å². The molecule has 0 aliphatic carbocycles. The molecule has 0 fully saturated rings. The molecule has 2 aromatic rings. The van der Waals surface area contributed by atoms with Crippen molar-refractivity contribution >= 4 is 0 Å². The highest BCUT2D eigenvalue weighted by Gasteiger charge is 2.19. The van der Waals surface area contributed by atoms with Crippen LogP contribution in [0.3, 0.4) is 0 Å². The van der Waals surface area contributed by atoms with Gasteiger partial charge in [-0.1, -0.05) is 31.2 Å². The van der Waals surface area contributed by atoms with Gasteiger partial charge in [0.25, 0.3) is 0 Å². The van der Waals surface area contributed by atoms with Gasteiger partial charge in [0.2, 0.25) is 0 Å². The van der Waals surface area contributed by atoms with Crippen molar-refractivity contribution in [3.63, 3.8) is 0 Å². The molecule has 100 valence electrons. The third kappa shape index (κ3) is 2.99. The quantitative estimate of drug-likeness (QED) is 0.907. The minimum absolute atomic E-state index is 0.199. The first-order valence-corrected chi connectivity index (χ1v) is 6.54. The van der Waals surface area contributed by atoms with Crippen LogP contribution in [-0.4, -0.2) is 11.5 Å². The minimum atomic E-state index is -0.202. The van der Waals surface area contributed by atoms with Gasteiger partial charge in [0.1, 0.15) is 5.82 Å². The maximum Gasteiger partial charge on any atom is 0.128 e. The largest absolute Gasteiger partial charge is 0.305 e. The Kier molecular flexibility index (Phi) is 4.27. The van der Waals surface area contributed by atoms with E-state index in [1.54, 1.807) is 6.07 Å². The van der Waals surface area contributed by atoms with Gasteiger partial charge in [-0.05, 0) is 37.6 Å². The molecule has 0 spiro atoms. The van der Waals surface area contributed by atoms with Crippen LogP contribution in [0, 0.1) is 19.7 Å². The number of nitrogens with one attached hydrogen (secondary N) is 1. The summed E-state index contributed by atoms with van der Waals surface area (Å²) in [5.74, 6) is -0.199. The second-order valence-electron chi connectivity index (χ2n) is 4.73. The van der Waals surface area contributed by atoms with Crippen molar-refractivity contribution in [3.8, 4) is 0 Å². The monoisotopic (exact) mass is 258 g/mol. The van der Waals surface area contributed by atoms with Crippen molar-refractivity contribution in [2.24, 2.45) is 0 Å². The number of nitrogens with zero attached hydrogens (tertiary/aromatic N) is 1. The van der Waals surface area contributed by atoms with Gasteiger partial charge in [0, 0.05) is 11.8 Å². The summed E-state index contributed by atoms with van der Waals surface area (Å²) >= 11 is 0. The highest BCUT2D eigenvalue weighted by molar-refractivity contribution is 5.34. The molecular formula is C16H19FN2. The van der Waals surface area contributed by atoms with Crippen LogP contribution in [0.1, 0.15) is 35.3 Å². The summed E-state index contributed by atoms with van der Waals surface area (Å²) in [6.45, 7) is 6.79. The van der Waals surface area contributed by atoms with Gasteiger partial charge in [-0.2, -0.15) is 0 Å². The molecule has 1 aromatic heterocycles. The fourth-order valence-electron chi connectivity index (χ4n) is 2.30. The van der Waals surface area contributed by atoms with E-state index in [9.17, 15) is 4.39 Å². The van der Waals surface area contributed by atoms with Crippen LogP contribution in [0.15, 0.2) is 36.5 Å². The van der Waals surface area contributed by atoms with Crippen LogP contribution >= 0.6 is 0 Å². The second kappa shape index (κ2) is 5.93. The van der Waals surface area contributed by atoms with E-state index in [2.05, 4.69) is 16.4 Å². The SMILES string of the molecule is CCNC(c1ccccc1F)c1ncc(C)cc1C. The highest BCUT2D eigenvalue weighted by Crippen LogP contribution is 2.25. The molecule has 0 bridgehead atoms. The van der Waals surface area contributed by atoms with E-state index >= 15 is 0 Å². The number of hydrogen-bond donors (Lipinski definition) is 1. The molecule has 3 heteroatoms. The van der Waals surface area contributed by atoms with Crippen molar-refractivity contribution in [2.45, 2.75) is 26.8 Å². The number of halogens is 1. The van der Waals surface area contributed by atoms with E-state index in [1.165, 1.54) is 6.07 Å². The summed E-state index contributed by atoms with van der Waals surface area (Å²) in [7, 11) is 0. The molecular weight excluding hydrogens is 239 g/mol. The Morgan fingerprint density at radius 2 is 2.00 bits per heavy atom. The summed E-state index contributed by atoms with van der Waals surface area (Å²) < 4.78 is 14.0. The Balaban J connectivity index is 2.48. The van der Waals surface area contributed by atoms with Crippen molar-refractivity contribution in [1.29, 1.82) is 0 Å². The predicted octanol–water partition coefficient (Wildman–Crippen LogP) is 3.54. The smallest absolute Gasteiger partial charge is 0.128 e. The van der Waals surface area contributed by atoms with Crippen molar-refractivity contribution in [3.05, 3.63) is 64.7 Å². The van der Waals surface area contributed by atoms with E-state index in [0.717, 1.165) is 23.4 Å². The molecule has 1 N–H and O–H groups in total. The molecule has 1 aromatic carbocycles. The lowest BCUT2D eigenvalue weighted by molar-refractivity contribution is 0.550. The summed E-state index contributed by atoms with van der Waals surface area (Å²) in [6, 6.07) is 8.73. The van der Waals surface area contributed by atoms with E-state index in [-0.39, 0.29) is 11.9 Å². The third-order valence-corrected chi connectivity index (χ3v) is 3.15. The standard InChI is InChI=1S/C16H19FN2/c1-4-18-16(13-7-5-6-8-14(13)17)15-12(3)9-11(2)10-19-15/h5-10,16,18H,4H2,1-3H3. The summed E-state index contributed by atoms with van der Waals surface area (Å²) in [5, 5.41) is 3.31. The first kappa shape index (κ1) is 13.7. The zero-order chi connectivity index (χ0) is 13.8. The number of aromatic nitrogens is 1. The first-order chi connectivity index (χ1) is 9.13. The number of pyridine rings is 1. The summed E-state index contributed by atoms with van der Waals surface area (Å²) in [6.07, 6.45) is 1.83. The molecule has 0 saturated carbocycles. The number of aryl methyl sites for hydroxylation is 2. The maximum absolute atomic E-state index is 14.0. The Hall–Kier alpha value is -1.74. The van der Waals surface area contributed by atoms with Gasteiger partial charge in [0.15, 0.2) is 0 Å². The van der Waals surface area contributed by atoms with Crippen LogP contribution in [0.25, 0.3) is 0 Å². The summed E-state index contributed by atoms with van der Waals surface area (Å²) in [4.78, 5) is 4.49. The molecule has 0 radical (unpaired) electrons. The molecule has 0 aliphatic heterocycles. The van der Waals surface area contributed by atoms with Crippen LogP contribution in [0.2, 0.25) is 0 Å². The van der Waals surface area contributed by atoms with Gasteiger partial charge in [-0.3, -0.25) is 4.98 Å². The first-order valence-electron chi connectivity index (χ1n) is 6.54.